The van der Waals surface area contributed by atoms with Crippen LogP contribution in [0, 0.1) is 24.4 Å². The summed E-state index contributed by atoms with van der Waals surface area (Å²) in [6.45, 7) is 9.82. The molecule has 2 amide bonds. The van der Waals surface area contributed by atoms with Crippen LogP contribution in [0.25, 0.3) is 11.0 Å². The molecule has 1 aliphatic heterocycles. The fraction of sp³-hybridized carbons (Fsp3) is 0.375. The van der Waals surface area contributed by atoms with Gasteiger partial charge in [0.05, 0.1) is 54.6 Å². The second kappa shape index (κ2) is 15.7. The van der Waals surface area contributed by atoms with Crippen molar-refractivity contribution in [2.24, 2.45) is 0 Å². The molecule has 4 heterocycles. The average molecular weight is 729 g/mol. The number of aryl methyl sites for hydroxylation is 2. The minimum Gasteiger partial charge on any atom is -0.444 e. The lowest BCUT2D eigenvalue weighted by molar-refractivity contribution is -0.116. The van der Waals surface area contributed by atoms with Gasteiger partial charge >= 0.3 is 6.09 Å². The van der Waals surface area contributed by atoms with E-state index in [1.54, 1.807) is 25.7 Å². The van der Waals surface area contributed by atoms with E-state index in [-0.39, 0.29) is 42.8 Å². The largest absolute Gasteiger partial charge is 0.444 e. The van der Waals surface area contributed by atoms with E-state index in [1.165, 1.54) is 48.3 Å². The van der Waals surface area contributed by atoms with Crippen LogP contribution < -0.4 is 5.32 Å². The zero-order valence-electron chi connectivity index (χ0n) is 30.4. The number of morpholine rings is 1. The van der Waals surface area contributed by atoms with Gasteiger partial charge in [-0.1, -0.05) is 19.1 Å². The van der Waals surface area contributed by atoms with E-state index in [1.807, 2.05) is 0 Å². The van der Waals surface area contributed by atoms with Crippen molar-refractivity contribution in [1.82, 2.24) is 24.8 Å². The molecule has 0 aliphatic carbocycles. The average Bonchev–Trinajstić information content (AvgIpc) is 3.52. The number of pyridine rings is 2. The van der Waals surface area contributed by atoms with Gasteiger partial charge in [-0.15, -0.1) is 0 Å². The number of aromatic nitrogens is 4. The van der Waals surface area contributed by atoms with Gasteiger partial charge in [0.25, 0.3) is 0 Å². The molecule has 53 heavy (non-hydrogen) atoms. The van der Waals surface area contributed by atoms with Crippen LogP contribution in [-0.4, -0.2) is 61.7 Å². The molecule has 0 saturated carbocycles. The van der Waals surface area contributed by atoms with Crippen molar-refractivity contribution in [3.8, 4) is 0 Å². The van der Waals surface area contributed by atoms with Gasteiger partial charge in [-0.05, 0) is 99.5 Å². The third kappa shape index (κ3) is 8.85. The van der Waals surface area contributed by atoms with Crippen LogP contribution in [0.2, 0.25) is 0 Å². The van der Waals surface area contributed by atoms with Gasteiger partial charge in [0.2, 0.25) is 5.91 Å². The maximum Gasteiger partial charge on any atom is 0.411 e. The number of rotatable bonds is 10. The van der Waals surface area contributed by atoms with Crippen molar-refractivity contribution >= 4 is 28.7 Å². The maximum atomic E-state index is 15.4. The van der Waals surface area contributed by atoms with Crippen molar-refractivity contribution in [3.63, 3.8) is 0 Å². The first-order chi connectivity index (χ1) is 25.3. The molecule has 0 radical (unpaired) electrons. The second-order valence-electron chi connectivity index (χ2n) is 14.3. The van der Waals surface area contributed by atoms with Crippen molar-refractivity contribution in [3.05, 3.63) is 118 Å². The summed E-state index contributed by atoms with van der Waals surface area (Å²) in [6.07, 6.45) is 4.97. The summed E-state index contributed by atoms with van der Waals surface area (Å²) >= 11 is 0. The number of imidazole rings is 1. The van der Waals surface area contributed by atoms with Gasteiger partial charge in [-0.2, -0.15) is 0 Å². The highest BCUT2D eigenvalue weighted by Gasteiger charge is 2.38. The monoisotopic (exact) mass is 728 g/mol. The quantitative estimate of drug-likeness (QED) is 0.149. The molecule has 13 heteroatoms. The Morgan fingerprint density at radius 1 is 1.06 bits per heavy atom. The number of benzene rings is 2. The number of carbonyl (C=O) groups is 2. The Kier molecular flexibility index (Phi) is 11.1. The third-order valence-corrected chi connectivity index (χ3v) is 9.39. The zero-order valence-corrected chi connectivity index (χ0v) is 30.4. The molecular formula is C40H43F3N6O4. The van der Waals surface area contributed by atoms with Crippen molar-refractivity contribution in [2.75, 3.05) is 18.5 Å². The molecule has 278 valence electrons. The van der Waals surface area contributed by atoms with Crippen LogP contribution in [0.15, 0.2) is 67.3 Å². The fourth-order valence-electron chi connectivity index (χ4n) is 6.69. The summed E-state index contributed by atoms with van der Waals surface area (Å²) in [5.74, 6) is -2.42. The number of amides is 2. The molecule has 1 fully saturated rings. The predicted molar refractivity (Wildman–Crippen MR) is 194 cm³/mol. The number of hydrogen-bond donors (Lipinski definition) is 2. The Labute approximate surface area is 306 Å². The highest BCUT2D eigenvalue weighted by molar-refractivity contribution is 5.92. The second-order valence-corrected chi connectivity index (χ2v) is 14.3. The normalized spacial score (nSPS) is 16.8. The molecule has 0 bridgehead atoms. The predicted octanol–water partition coefficient (Wildman–Crippen LogP) is 8.11. The molecule has 3 unspecified atom stereocenters. The molecule has 1 aliphatic rings. The molecule has 3 atom stereocenters. The summed E-state index contributed by atoms with van der Waals surface area (Å²) in [6, 6.07) is 10.5. The van der Waals surface area contributed by atoms with E-state index in [0.717, 1.165) is 35.4 Å². The number of fused-ring (bicyclic) bond motifs is 1. The number of aromatic amines is 1. The number of hydrogen-bond acceptors (Lipinski definition) is 7. The van der Waals surface area contributed by atoms with Gasteiger partial charge in [-0.25, -0.2) is 22.9 Å². The number of ether oxygens (including phenoxy) is 2. The molecule has 6 rings (SSSR count). The SMILES string of the molecule is CCc1cc2nc(C3COC(CCc4c(F)cncc4NC(=O)CC(c4ccc(F)cc4)c4ccncc4F)CN3C(=O)OC(C)(C)C)[nH]c2cc1C. The molecule has 3 aromatic heterocycles. The molecular weight excluding hydrogens is 685 g/mol. The Balaban J connectivity index is 1.18. The molecule has 10 nitrogen and oxygen atoms in total. The summed E-state index contributed by atoms with van der Waals surface area (Å²) in [4.78, 5) is 44.6. The highest BCUT2D eigenvalue weighted by Crippen LogP contribution is 2.33. The maximum absolute atomic E-state index is 15.4. The number of halogens is 3. The zero-order chi connectivity index (χ0) is 37.9. The number of nitrogens with zero attached hydrogens (tertiary/aromatic N) is 4. The van der Waals surface area contributed by atoms with Gasteiger partial charge in [0.15, 0.2) is 0 Å². The molecule has 5 aromatic rings. The van der Waals surface area contributed by atoms with E-state index in [4.69, 9.17) is 14.5 Å². The smallest absolute Gasteiger partial charge is 0.411 e. The minimum atomic E-state index is -0.768. The Hall–Kier alpha value is -5.30. The first kappa shape index (κ1) is 37.5. The lowest BCUT2D eigenvalue weighted by atomic mass is 9.88. The van der Waals surface area contributed by atoms with Gasteiger partial charge in [0.1, 0.15) is 34.9 Å². The van der Waals surface area contributed by atoms with Crippen LogP contribution in [0.1, 0.15) is 86.1 Å². The summed E-state index contributed by atoms with van der Waals surface area (Å²) in [5, 5.41) is 2.75. The van der Waals surface area contributed by atoms with Gasteiger partial charge in [0, 0.05) is 24.1 Å². The van der Waals surface area contributed by atoms with Crippen LogP contribution in [0.3, 0.4) is 0 Å². The minimum absolute atomic E-state index is 0.127. The first-order valence-electron chi connectivity index (χ1n) is 17.7. The van der Waals surface area contributed by atoms with Crippen molar-refractivity contribution < 1.29 is 32.2 Å². The summed E-state index contributed by atoms with van der Waals surface area (Å²) in [7, 11) is 0. The van der Waals surface area contributed by atoms with Crippen molar-refractivity contribution in [1.29, 1.82) is 0 Å². The van der Waals surface area contributed by atoms with Crippen LogP contribution >= 0.6 is 0 Å². The summed E-state index contributed by atoms with van der Waals surface area (Å²) < 4.78 is 56.0. The Morgan fingerprint density at radius 3 is 2.53 bits per heavy atom. The fourth-order valence-corrected chi connectivity index (χ4v) is 6.69. The van der Waals surface area contributed by atoms with Crippen LogP contribution in [0.4, 0.5) is 23.7 Å². The van der Waals surface area contributed by atoms with E-state index in [9.17, 15) is 18.4 Å². The van der Waals surface area contributed by atoms with Crippen molar-refractivity contribution in [2.45, 2.75) is 84.0 Å². The number of anilines is 1. The number of carbonyl (C=O) groups excluding carboxylic acids is 2. The first-order valence-corrected chi connectivity index (χ1v) is 17.7. The van der Waals surface area contributed by atoms with E-state index >= 15 is 4.39 Å². The Morgan fingerprint density at radius 2 is 1.81 bits per heavy atom. The van der Waals surface area contributed by atoms with Crippen LogP contribution in [-0.2, 0) is 27.1 Å². The summed E-state index contributed by atoms with van der Waals surface area (Å²) in [5.41, 5.74) is 4.34. The highest BCUT2D eigenvalue weighted by atomic mass is 19.1. The number of H-pyrrole nitrogens is 1. The Bertz CT molecular complexity index is 2100. The van der Waals surface area contributed by atoms with Gasteiger partial charge in [-0.3, -0.25) is 19.7 Å². The molecule has 2 N–H and O–H groups in total. The van der Waals surface area contributed by atoms with E-state index < -0.39 is 53.1 Å². The number of nitrogens with one attached hydrogen (secondary N) is 2. The lowest BCUT2D eigenvalue weighted by Gasteiger charge is -2.39. The van der Waals surface area contributed by atoms with Gasteiger partial charge < -0.3 is 19.8 Å². The molecule has 1 saturated heterocycles. The lowest BCUT2D eigenvalue weighted by Crippen LogP contribution is -2.49. The van der Waals surface area contributed by atoms with E-state index in [0.29, 0.717) is 17.8 Å². The topological polar surface area (TPSA) is 122 Å². The van der Waals surface area contributed by atoms with Crippen LogP contribution in [0.5, 0.6) is 0 Å². The standard InChI is InChI=1S/C40H43F3N6O4/c1-6-24-16-34-33(15-23(24)2)47-38(48-34)36-22-52-27(21-49(36)39(51)53-40(3,4)5)11-12-29-32(43)19-45-20-35(29)46-37(50)17-30(25-7-9-26(41)10-8-25)28-13-14-44-18-31(28)42/h7-10,13-16,18-20,27,30,36H,6,11-12,17,21-22H2,1-5H3,(H,46,50)(H,47,48). The molecule has 0 spiro atoms. The van der Waals surface area contributed by atoms with E-state index in [2.05, 4.69) is 46.2 Å². The molecule has 2 aromatic carbocycles. The third-order valence-electron chi connectivity index (χ3n) is 9.39.